The zero-order valence-electron chi connectivity index (χ0n) is 12.4. The second-order valence-corrected chi connectivity index (χ2v) is 8.23. The lowest BCUT2D eigenvalue weighted by molar-refractivity contribution is -0.881. The lowest BCUT2D eigenvalue weighted by atomic mass is 10.3. The fourth-order valence-corrected chi connectivity index (χ4v) is 3.77. The van der Waals surface area contributed by atoms with Crippen LogP contribution in [-0.4, -0.2) is 67.6 Å². The molecular formula is C10H26N5O3Si+. The highest BCUT2D eigenvalue weighted by Crippen LogP contribution is 2.16. The molecule has 1 aliphatic rings. The van der Waals surface area contributed by atoms with Gasteiger partial charge in [-0.2, -0.15) is 0 Å². The molecule has 1 heterocycles. The molecule has 3 N–H and O–H groups in total. The van der Waals surface area contributed by atoms with Crippen LogP contribution in [0.5, 0.6) is 0 Å². The van der Waals surface area contributed by atoms with Gasteiger partial charge < -0.3 is 17.8 Å². The summed E-state index contributed by atoms with van der Waals surface area (Å²) in [6.45, 7) is 1.81. The third-order valence-corrected chi connectivity index (χ3v) is 6.04. The molecule has 0 saturated heterocycles. The minimum absolute atomic E-state index is 0.814. The Balaban J connectivity index is 2.37. The topological polar surface area (TPSA) is 76.1 Å². The van der Waals surface area contributed by atoms with Gasteiger partial charge in [0.2, 0.25) is 0 Å². The summed E-state index contributed by atoms with van der Waals surface area (Å²) in [6.07, 6.45) is 0.975. The molecule has 19 heavy (non-hydrogen) atoms. The van der Waals surface area contributed by atoms with Crippen molar-refractivity contribution in [1.82, 2.24) is 16.5 Å². The van der Waals surface area contributed by atoms with Crippen molar-refractivity contribution in [3.05, 3.63) is 0 Å². The molecule has 9 heteroatoms. The summed E-state index contributed by atoms with van der Waals surface area (Å²) in [5.74, 6) is 0.902. The maximum atomic E-state index is 5.42. The molecule has 112 valence electrons. The number of likely N-dealkylation sites (N-methyl/N-ethyl adjacent to an activating group) is 1. The van der Waals surface area contributed by atoms with Crippen molar-refractivity contribution in [1.29, 1.82) is 0 Å². The zero-order valence-corrected chi connectivity index (χ0v) is 13.4. The highest BCUT2D eigenvalue weighted by Gasteiger charge is 2.37. The van der Waals surface area contributed by atoms with Gasteiger partial charge >= 0.3 is 8.80 Å². The number of hydrazone groups is 1. The molecule has 0 amide bonds. The van der Waals surface area contributed by atoms with Gasteiger partial charge in [-0.1, -0.05) is 0 Å². The molecule has 0 aromatic heterocycles. The van der Waals surface area contributed by atoms with E-state index in [2.05, 4.69) is 35.7 Å². The van der Waals surface area contributed by atoms with E-state index >= 15 is 0 Å². The highest BCUT2D eigenvalue weighted by atomic mass is 28.4. The number of hydrogen-bond acceptors (Lipinski definition) is 7. The Kier molecular flexibility index (Phi) is 6.17. The van der Waals surface area contributed by atoms with Gasteiger partial charge in [-0.15, -0.1) is 10.6 Å². The van der Waals surface area contributed by atoms with Crippen LogP contribution < -0.4 is 16.5 Å². The minimum atomic E-state index is -2.44. The molecule has 0 saturated carbocycles. The Morgan fingerprint density at radius 3 is 2.26 bits per heavy atom. The summed E-state index contributed by atoms with van der Waals surface area (Å²) in [5.41, 5.74) is 8.36. The van der Waals surface area contributed by atoms with E-state index in [1.165, 1.54) is 0 Å². The Morgan fingerprint density at radius 1 is 1.16 bits per heavy atom. The van der Waals surface area contributed by atoms with E-state index < -0.39 is 8.80 Å². The molecule has 0 fully saturated rings. The average Bonchev–Trinajstić information content (AvgIpc) is 2.87. The number of nitrogens with one attached hydrogen (secondary N) is 3. The van der Waals surface area contributed by atoms with E-state index in [1.54, 1.807) is 21.3 Å². The van der Waals surface area contributed by atoms with Crippen LogP contribution in [0.3, 0.4) is 0 Å². The number of hydrazine groups is 2. The van der Waals surface area contributed by atoms with Crippen molar-refractivity contribution >= 4 is 14.6 Å². The first-order valence-corrected chi connectivity index (χ1v) is 8.20. The van der Waals surface area contributed by atoms with Crippen molar-refractivity contribution in [2.24, 2.45) is 5.10 Å². The van der Waals surface area contributed by atoms with Crippen LogP contribution in [0.2, 0.25) is 6.04 Å². The number of rotatable bonds is 9. The fraction of sp³-hybridized carbons (Fsp3) is 0.900. The van der Waals surface area contributed by atoms with Gasteiger partial charge in [-0.05, 0) is 0 Å². The normalized spacial score (nSPS) is 15.9. The Labute approximate surface area is 116 Å². The molecule has 0 aromatic rings. The van der Waals surface area contributed by atoms with Crippen molar-refractivity contribution in [2.75, 3.05) is 48.5 Å². The second kappa shape index (κ2) is 7.17. The summed E-state index contributed by atoms with van der Waals surface area (Å²) in [4.78, 5) is 0. The summed E-state index contributed by atoms with van der Waals surface area (Å²) in [6, 6.07) is 0.814. The fourth-order valence-electron chi connectivity index (χ4n) is 2.06. The van der Waals surface area contributed by atoms with Crippen molar-refractivity contribution in [2.45, 2.75) is 12.5 Å². The Morgan fingerprint density at radius 2 is 1.79 bits per heavy atom. The molecule has 0 aromatic carbocycles. The molecule has 0 aliphatic carbocycles. The molecule has 0 radical (unpaired) electrons. The van der Waals surface area contributed by atoms with Crippen LogP contribution in [0.25, 0.3) is 0 Å². The monoisotopic (exact) mass is 292 g/mol. The Bertz CT molecular complexity index is 301. The predicted octanol–water partition coefficient (Wildman–Crippen LogP) is -0.743. The average molecular weight is 292 g/mol. The molecule has 0 bridgehead atoms. The molecule has 0 atom stereocenters. The molecular weight excluding hydrogens is 266 g/mol. The third-order valence-electron chi connectivity index (χ3n) is 3.21. The van der Waals surface area contributed by atoms with E-state index in [4.69, 9.17) is 13.3 Å². The van der Waals surface area contributed by atoms with Crippen LogP contribution in [0.4, 0.5) is 0 Å². The summed E-state index contributed by atoms with van der Waals surface area (Å²) in [7, 11) is 6.83. The lowest BCUT2D eigenvalue weighted by Gasteiger charge is -2.31. The molecule has 1 rings (SSSR count). The third kappa shape index (κ3) is 5.05. The molecule has 0 unspecified atom stereocenters. The van der Waals surface area contributed by atoms with Crippen LogP contribution in [0.1, 0.15) is 6.42 Å². The van der Waals surface area contributed by atoms with Gasteiger partial charge in [0.05, 0.1) is 20.6 Å². The summed E-state index contributed by atoms with van der Waals surface area (Å²) in [5, 5.41) is 4.09. The maximum Gasteiger partial charge on any atom is 0.500 e. The lowest BCUT2D eigenvalue weighted by Crippen LogP contribution is -2.50. The van der Waals surface area contributed by atoms with E-state index in [-0.39, 0.29) is 0 Å². The van der Waals surface area contributed by atoms with Gasteiger partial charge in [-0.25, -0.2) is 5.53 Å². The predicted molar refractivity (Wildman–Crippen MR) is 74.9 cm³/mol. The van der Waals surface area contributed by atoms with Crippen LogP contribution in [-0.2, 0) is 13.3 Å². The number of hydrogen-bond donors (Lipinski definition) is 3. The first-order valence-electron chi connectivity index (χ1n) is 6.27. The molecule has 8 nitrogen and oxygen atoms in total. The maximum absolute atomic E-state index is 5.42. The van der Waals surface area contributed by atoms with E-state index in [1.807, 2.05) is 0 Å². The van der Waals surface area contributed by atoms with E-state index in [9.17, 15) is 0 Å². The number of nitrogens with zero attached hydrogens (tertiary/aromatic N) is 2. The summed E-state index contributed by atoms with van der Waals surface area (Å²) >= 11 is 0. The van der Waals surface area contributed by atoms with Gasteiger partial charge in [0.15, 0.2) is 5.84 Å². The van der Waals surface area contributed by atoms with E-state index in [0.717, 1.165) is 35.9 Å². The van der Waals surface area contributed by atoms with Gasteiger partial charge in [0.25, 0.3) is 0 Å². The largest absolute Gasteiger partial charge is 0.500 e. The van der Waals surface area contributed by atoms with Crippen LogP contribution in [0, 0.1) is 0 Å². The van der Waals surface area contributed by atoms with Crippen molar-refractivity contribution in [3.8, 4) is 0 Å². The van der Waals surface area contributed by atoms with Gasteiger partial charge in [0, 0.05) is 33.8 Å². The van der Waals surface area contributed by atoms with Gasteiger partial charge in [0.1, 0.15) is 6.54 Å². The van der Waals surface area contributed by atoms with E-state index in [0.29, 0.717) is 0 Å². The standard InChI is InChI=1S/C10H26N5O3Si/c1-15(2,9-10-11-13-14-12-10)7-6-8-19(16-3,17-4)18-5/h13-14H,6-9H2,1-5H3,(H,11,12)/q+1. The summed E-state index contributed by atoms with van der Waals surface area (Å²) < 4.78 is 17.1. The zero-order chi connectivity index (χ0) is 14.4. The SMILES string of the molecule is CO[Si](CCC[N+](C)(C)CC1=NNNN1)(OC)OC. The molecule has 1 aliphatic heterocycles. The van der Waals surface area contributed by atoms with Crippen LogP contribution >= 0.6 is 0 Å². The minimum Gasteiger partial charge on any atom is -0.377 e. The first kappa shape index (κ1) is 16.3. The Hall–Kier alpha value is -0.713. The van der Waals surface area contributed by atoms with Crippen LogP contribution in [0.15, 0.2) is 5.10 Å². The smallest absolute Gasteiger partial charge is 0.377 e. The van der Waals surface area contributed by atoms with Crippen molar-refractivity contribution in [3.63, 3.8) is 0 Å². The van der Waals surface area contributed by atoms with Crippen molar-refractivity contribution < 1.29 is 17.8 Å². The number of quaternary nitrogens is 1. The number of amidine groups is 1. The van der Waals surface area contributed by atoms with Gasteiger partial charge in [-0.3, -0.25) is 5.43 Å². The quantitative estimate of drug-likeness (QED) is 0.384. The highest BCUT2D eigenvalue weighted by molar-refractivity contribution is 6.60. The molecule has 0 spiro atoms. The second-order valence-electron chi connectivity index (χ2n) is 5.14. The first-order chi connectivity index (χ1) is 8.97.